The highest BCUT2D eigenvalue weighted by Gasteiger charge is 2.16. The van der Waals surface area contributed by atoms with Gasteiger partial charge in [0, 0.05) is 48.9 Å². The molecule has 29 heavy (non-hydrogen) atoms. The molecular formula is C21H25N3O3S2. The van der Waals surface area contributed by atoms with Gasteiger partial charge in [-0.25, -0.2) is 13.1 Å². The van der Waals surface area contributed by atoms with Crippen LogP contribution in [0.2, 0.25) is 0 Å². The Morgan fingerprint density at radius 3 is 2.66 bits per heavy atom. The molecule has 0 aromatic heterocycles. The number of anilines is 1. The summed E-state index contributed by atoms with van der Waals surface area (Å²) < 4.78 is 26.9. The number of carbonyl (C=O) groups excluding carboxylic acids is 1. The summed E-state index contributed by atoms with van der Waals surface area (Å²) in [5.74, 6) is 1.95. The number of carbonyl (C=O) groups is 1. The second-order valence-corrected chi connectivity index (χ2v) is 9.70. The molecule has 2 aromatic rings. The SMILES string of the molecule is C=CCNS(=O)(=O)c1cccc(C(=O)Nc2cccc(CN3CCSCC3)c2)c1. The van der Waals surface area contributed by atoms with Gasteiger partial charge < -0.3 is 5.32 Å². The van der Waals surface area contributed by atoms with Crippen molar-refractivity contribution in [1.29, 1.82) is 0 Å². The van der Waals surface area contributed by atoms with E-state index in [4.69, 9.17) is 0 Å². The molecule has 1 amide bonds. The van der Waals surface area contributed by atoms with Crippen LogP contribution in [0.1, 0.15) is 15.9 Å². The first-order valence-corrected chi connectivity index (χ1v) is 12.0. The number of nitrogens with one attached hydrogen (secondary N) is 2. The summed E-state index contributed by atoms with van der Waals surface area (Å²) in [4.78, 5) is 15.1. The monoisotopic (exact) mass is 431 g/mol. The molecule has 6 nitrogen and oxygen atoms in total. The van der Waals surface area contributed by atoms with E-state index in [1.54, 1.807) is 12.1 Å². The molecule has 3 rings (SSSR count). The van der Waals surface area contributed by atoms with Crippen molar-refractivity contribution in [3.05, 3.63) is 72.3 Å². The fourth-order valence-electron chi connectivity index (χ4n) is 3.02. The second kappa shape index (κ2) is 10.1. The number of sulfonamides is 1. The van der Waals surface area contributed by atoms with Gasteiger partial charge in [0.25, 0.3) is 5.91 Å². The van der Waals surface area contributed by atoms with E-state index in [1.165, 1.54) is 18.2 Å². The minimum Gasteiger partial charge on any atom is -0.322 e. The van der Waals surface area contributed by atoms with Crippen LogP contribution in [0, 0.1) is 0 Å². The largest absolute Gasteiger partial charge is 0.322 e. The van der Waals surface area contributed by atoms with Crippen molar-refractivity contribution in [3.8, 4) is 0 Å². The van der Waals surface area contributed by atoms with Crippen LogP contribution < -0.4 is 10.0 Å². The van der Waals surface area contributed by atoms with E-state index in [1.807, 2.05) is 30.0 Å². The molecule has 1 aliphatic heterocycles. The predicted molar refractivity (Wildman–Crippen MR) is 119 cm³/mol. The minimum absolute atomic E-state index is 0.0451. The van der Waals surface area contributed by atoms with Crippen molar-refractivity contribution in [1.82, 2.24) is 9.62 Å². The maximum absolute atomic E-state index is 12.7. The summed E-state index contributed by atoms with van der Waals surface area (Å²) in [6.45, 7) is 6.62. The molecule has 1 saturated heterocycles. The van der Waals surface area contributed by atoms with E-state index < -0.39 is 10.0 Å². The number of rotatable bonds is 8. The average molecular weight is 432 g/mol. The summed E-state index contributed by atoms with van der Waals surface area (Å²) in [5, 5.41) is 2.86. The van der Waals surface area contributed by atoms with Crippen LogP contribution in [0.3, 0.4) is 0 Å². The van der Waals surface area contributed by atoms with E-state index in [2.05, 4.69) is 27.6 Å². The Hall–Kier alpha value is -2.13. The Labute approximate surface area is 176 Å². The topological polar surface area (TPSA) is 78.5 Å². The lowest BCUT2D eigenvalue weighted by Gasteiger charge is -2.26. The van der Waals surface area contributed by atoms with Gasteiger partial charge in [-0.15, -0.1) is 6.58 Å². The highest BCUT2D eigenvalue weighted by molar-refractivity contribution is 7.99. The molecule has 0 unspecified atom stereocenters. The first-order valence-electron chi connectivity index (χ1n) is 9.39. The van der Waals surface area contributed by atoms with Gasteiger partial charge in [0.1, 0.15) is 0 Å². The normalized spacial score (nSPS) is 15.0. The Kier molecular flexibility index (Phi) is 7.49. The molecule has 2 N–H and O–H groups in total. The van der Waals surface area contributed by atoms with E-state index in [0.717, 1.165) is 36.7 Å². The maximum atomic E-state index is 12.7. The van der Waals surface area contributed by atoms with Crippen LogP contribution in [0.5, 0.6) is 0 Å². The van der Waals surface area contributed by atoms with Gasteiger partial charge in [-0.3, -0.25) is 9.69 Å². The standard InChI is InChI=1S/C21H25N3O3S2/c1-2-9-22-29(26,27)20-8-4-6-18(15-20)21(25)23-19-7-3-5-17(14-19)16-24-10-12-28-13-11-24/h2-8,14-15,22H,1,9-13,16H2,(H,23,25). The summed E-state index contributed by atoms with van der Waals surface area (Å²) in [7, 11) is -3.68. The van der Waals surface area contributed by atoms with Gasteiger partial charge in [-0.2, -0.15) is 11.8 Å². The molecule has 0 aliphatic carbocycles. The van der Waals surface area contributed by atoms with Gasteiger partial charge >= 0.3 is 0 Å². The molecule has 0 radical (unpaired) electrons. The van der Waals surface area contributed by atoms with E-state index in [0.29, 0.717) is 5.69 Å². The van der Waals surface area contributed by atoms with Crippen LogP contribution in [0.25, 0.3) is 0 Å². The lowest BCUT2D eigenvalue weighted by Crippen LogP contribution is -2.31. The molecule has 0 atom stereocenters. The second-order valence-electron chi connectivity index (χ2n) is 6.71. The molecule has 154 valence electrons. The van der Waals surface area contributed by atoms with Crippen LogP contribution in [0.4, 0.5) is 5.69 Å². The van der Waals surface area contributed by atoms with Gasteiger partial charge in [0.2, 0.25) is 10.0 Å². The van der Waals surface area contributed by atoms with Crippen LogP contribution in [0.15, 0.2) is 66.1 Å². The van der Waals surface area contributed by atoms with Gasteiger partial charge in [0.05, 0.1) is 4.90 Å². The summed E-state index contributed by atoms with van der Waals surface area (Å²) in [6.07, 6.45) is 1.46. The zero-order chi connectivity index (χ0) is 20.7. The third kappa shape index (κ3) is 6.17. The van der Waals surface area contributed by atoms with Crippen molar-refractivity contribution in [2.24, 2.45) is 0 Å². The number of hydrogen-bond acceptors (Lipinski definition) is 5. The molecule has 1 aliphatic rings. The highest BCUT2D eigenvalue weighted by atomic mass is 32.2. The minimum atomic E-state index is -3.68. The molecule has 0 saturated carbocycles. The van der Waals surface area contributed by atoms with E-state index in [9.17, 15) is 13.2 Å². The van der Waals surface area contributed by atoms with Gasteiger partial charge in [-0.05, 0) is 35.9 Å². The first-order chi connectivity index (χ1) is 14.0. The third-order valence-electron chi connectivity index (χ3n) is 4.52. The zero-order valence-electron chi connectivity index (χ0n) is 16.1. The molecule has 1 heterocycles. The summed E-state index contributed by atoms with van der Waals surface area (Å²) >= 11 is 1.97. The molecule has 2 aromatic carbocycles. The predicted octanol–water partition coefficient (Wildman–Crippen LogP) is 2.95. The summed E-state index contributed by atoms with van der Waals surface area (Å²) in [5.41, 5.74) is 2.11. The number of hydrogen-bond donors (Lipinski definition) is 2. The number of nitrogens with zero attached hydrogens (tertiary/aromatic N) is 1. The van der Waals surface area contributed by atoms with E-state index in [-0.39, 0.29) is 22.9 Å². The Morgan fingerprint density at radius 2 is 1.90 bits per heavy atom. The fraction of sp³-hybridized carbons (Fsp3) is 0.286. The van der Waals surface area contributed by atoms with Crippen LogP contribution in [-0.2, 0) is 16.6 Å². The molecule has 0 bridgehead atoms. The molecule has 0 spiro atoms. The van der Waals surface area contributed by atoms with E-state index >= 15 is 0 Å². The molecular weight excluding hydrogens is 406 g/mol. The lowest BCUT2D eigenvalue weighted by molar-refractivity contribution is 0.102. The van der Waals surface area contributed by atoms with Gasteiger partial charge in [0.15, 0.2) is 0 Å². The van der Waals surface area contributed by atoms with Crippen LogP contribution in [-0.4, -0.2) is 50.4 Å². The number of thioether (sulfide) groups is 1. The Bertz CT molecular complexity index is 971. The number of benzene rings is 2. The Balaban J connectivity index is 1.69. The smallest absolute Gasteiger partial charge is 0.255 e. The maximum Gasteiger partial charge on any atom is 0.255 e. The zero-order valence-corrected chi connectivity index (χ0v) is 17.8. The third-order valence-corrected chi connectivity index (χ3v) is 6.88. The molecule has 1 fully saturated rings. The van der Waals surface area contributed by atoms with Crippen LogP contribution >= 0.6 is 11.8 Å². The summed E-state index contributed by atoms with van der Waals surface area (Å²) in [6, 6.07) is 13.8. The Morgan fingerprint density at radius 1 is 1.14 bits per heavy atom. The van der Waals surface area contributed by atoms with Crippen molar-refractivity contribution < 1.29 is 13.2 Å². The lowest BCUT2D eigenvalue weighted by atomic mass is 10.1. The van der Waals surface area contributed by atoms with Crippen molar-refractivity contribution in [2.75, 3.05) is 36.5 Å². The van der Waals surface area contributed by atoms with Crippen molar-refractivity contribution in [2.45, 2.75) is 11.4 Å². The van der Waals surface area contributed by atoms with Crippen molar-refractivity contribution >= 4 is 33.4 Å². The first kappa shape index (κ1) is 21.6. The van der Waals surface area contributed by atoms with Crippen molar-refractivity contribution in [3.63, 3.8) is 0 Å². The van der Waals surface area contributed by atoms with Gasteiger partial charge in [-0.1, -0.05) is 24.3 Å². The average Bonchev–Trinajstić information content (AvgIpc) is 2.73. The quantitative estimate of drug-likeness (QED) is 0.629. The fourth-order valence-corrected chi connectivity index (χ4v) is 5.05. The number of amides is 1. The molecule has 8 heteroatoms. The highest BCUT2D eigenvalue weighted by Crippen LogP contribution is 2.18.